The molecule has 1 heterocycles. The molecule has 3 nitrogen and oxygen atoms in total. The predicted octanol–water partition coefficient (Wildman–Crippen LogP) is 1.32. The quantitative estimate of drug-likeness (QED) is 0.795. The highest BCUT2D eigenvalue weighted by Crippen LogP contribution is 2.25. The van der Waals surface area contributed by atoms with E-state index in [4.69, 9.17) is 5.73 Å². The van der Waals surface area contributed by atoms with Gasteiger partial charge in [-0.15, -0.1) is 0 Å². The minimum Gasteiger partial charge on any atom is -0.339 e. The molecule has 4 heteroatoms. The standard InChI is InChI=1S/C11H22N2OS/c1-4-9(12)11(14)13-5-6-15-10(7-13)8(2)3/h8-10H,4-7,12H2,1-3H3/t9-,10?/m0/s1. The zero-order valence-electron chi connectivity index (χ0n) is 9.90. The second kappa shape index (κ2) is 5.75. The number of nitrogens with two attached hydrogens (primary N) is 1. The van der Waals surface area contributed by atoms with Gasteiger partial charge in [0.2, 0.25) is 5.91 Å². The van der Waals surface area contributed by atoms with Crippen LogP contribution in [0.25, 0.3) is 0 Å². The third kappa shape index (κ3) is 3.38. The first-order chi connectivity index (χ1) is 7.06. The number of hydrogen-bond acceptors (Lipinski definition) is 3. The van der Waals surface area contributed by atoms with E-state index >= 15 is 0 Å². The molecular formula is C11H22N2OS. The Morgan fingerprint density at radius 3 is 2.80 bits per heavy atom. The van der Waals surface area contributed by atoms with Crippen LogP contribution in [0.15, 0.2) is 0 Å². The molecule has 0 radical (unpaired) electrons. The average molecular weight is 230 g/mol. The van der Waals surface area contributed by atoms with Gasteiger partial charge in [0.1, 0.15) is 0 Å². The fourth-order valence-electron chi connectivity index (χ4n) is 1.69. The van der Waals surface area contributed by atoms with Crippen LogP contribution in [0.5, 0.6) is 0 Å². The zero-order chi connectivity index (χ0) is 11.4. The van der Waals surface area contributed by atoms with E-state index < -0.39 is 0 Å². The third-order valence-electron chi connectivity index (χ3n) is 2.91. The highest BCUT2D eigenvalue weighted by molar-refractivity contribution is 8.00. The van der Waals surface area contributed by atoms with Gasteiger partial charge in [-0.25, -0.2) is 0 Å². The summed E-state index contributed by atoms with van der Waals surface area (Å²) in [6.07, 6.45) is 0.731. The van der Waals surface area contributed by atoms with E-state index in [2.05, 4.69) is 13.8 Å². The van der Waals surface area contributed by atoms with Crippen LogP contribution in [0.1, 0.15) is 27.2 Å². The lowest BCUT2D eigenvalue weighted by Gasteiger charge is -2.35. The van der Waals surface area contributed by atoms with Crippen molar-refractivity contribution in [2.75, 3.05) is 18.8 Å². The molecule has 0 spiro atoms. The van der Waals surface area contributed by atoms with E-state index in [1.807, 2.05) is 23.6 Å². The number of carbonyl (C=O) groups is 1. The van der Waals surface area contributed by atoms with Crippen LogP contribution in [0, 0.1) is 5.92 Å². The molecule has 0 aliphatic carbocycles. The molecule has 1 unspecified atom stereocenters. The number of thioether (sulfide) groups is 1. The topological polar surface area (TPSA) is 46.3 Å². The van der Waals surface area contributed by atoms with Gasteiger partial charge in [0.05, 0.1) is 6.04 Å². The summed E-state index contributed by atoms with van der Waals surface area (Å²) in [7, 11) is 0. The minimum atomic E-state index is -0.305. The Morgan fingerprint density at radius 2 is 2.27 bits per heavy atom. The zero-order valence-corrected chi connectivity index (χ0v) is 10.7. The first kappa shape index (κ1) is 12.8. The molecule has 1 rings (SSSR count). The van der Waals surface area contributed by atoms with Crippen LogP contribution in [0.3, 0.4) is 0 Å². The summed E-state index contributed by atoms with van der Waals surface area (Å²) in [5.41, 5.74) is 5.77. The molecule has 0 bridgehead atoms. The molecule has 1 amide bonds. The maximum Gasteiger partial charge on any atom is 0.239 e. The second-order valence-electron chi connectivity index (χ2n) is 4.45. The maximum atomic E-state index is 11.9. The monoisotopic (exact) mass is 230 g/mol. The molecule has 2 N–H and O–H groups in total. The minimum absolute atomic E-state index is 0.128. The number of carbonyl (C=O) groups excluding carboxylic acids is 1. The fraction of sp³-hybridized carbons (Fsp3) is 0.909. The lowest BCUT2D eigenvalue weighted by atomic mass is 10.1. The van der Waals surface area contributed by atoms with E-state index in [9.17, 15) is 4.79 Å². The van der Waals surface area contributed by atoms with E-state index in [0.717, 1.165) is 25.3 Å². The van der Waals surface area contributed by atoms with Gasteiger partial charge >= 0.3 is 0 Å². The van der Waals surface area contributed by atoms with Crippen LogP contribution >= 0.6 is 11.8 Å². The summed E-state index contributed by atoms with van der Waals surface area (Å²) in [6, 6.07) is -0.305. The number of hydrogen-bond donors (Lipinski definition) is 1. The lowest BCUT2D eigenvalue weighted by Crippen LogP contribution is -2.49. The molecule has 15 heavy (non-hydrogen) atoms. The normalized spacial score (nSPS) is 24.3. The molecule has 88 valence electrons. The Hall–Kier alpha value is -0.220. The van der Waals surface area contributed by atoms with Gasteiger partial charge in [-0.1, -0.05) is 20.8 Å². The Bertz CT molecular complexity index is 221. The SMILES string of the molecule is CC[C@H](N)C(=O)N1CCSC(C(C)C)C1. The van der Waals surface area contributed by atoms with Crippen molar-refractivity contribution in [2.45, 2.75) is 38.5 Å². The number of amides is 1. The molecule has 0 saturated carbocycles. The lowest BCUT2D eigenvalue weighted by molar-refractivity contribution is -0.132. The Balaban J connectivity index is 2.52. The van der Waals surface area contributed by atoms with Crippen LogP contribution in [0.2, 0.25) is 0 Å². The van der Waals surface area contributed by atoms with E-state index in [0.29, 0.717) is 11.2 Å². The number of nitrogens with zero attached hydrogens (tertiary/aromatic N) is 1. The molecule has 1 aliphatic rings. The summed E-state index contributed by atoms with van der Waals surface area (Å²) in [4.78, 5) is 13.8. The van der Waals surface area contributed by atoms with Crippen LogP contribution < -0.4 is 5.73 Å². The summed E-state index contributed by atoms with van der Waals surface area (Å²) in [5, 5.41) is 0.576. The van der Waals surface area contributed by atoms with Gasteiger partial charge in [0.25, 0.3) is 0 Å². The molecule has 0 aromatic carbocycles. The first-order valence-corrected chi connectivity index (χ1v) is 6.77. The molecule has 0 aromatic rings. The smallest absolute Gasteiger partial charge is 0.239 e. The van der Waals surface area contributed by atoms with Gasteiger partial charge in [-0.2, -0.15) is 11.8 Å². The summed E-state index contributed by atoms with van der Waals surface area (Å²) < 4.78 is 0. The first-order valence-electron chi connectivity index (χ1n) is 5.72. The highest BCUT2D eigenvalue weighted by atomic mass is 32.2. The Labute approximate surface area is 96.8 Å². The van der Waals surface area contributed by atoms with Crippen LogP contribution in [-0.2, 0) is 4.79 Å². The molecular weight excluding hydrogens is 208 g/mol. The average Bonchev–Trinajstić information content (AvgIpc) is 2.27. The summed E-state index contributed by atoms with van der Waals surface area (Å²) in [6.45, 7) is 8.12. The largest absolute Gasteiger partial charge is 0.339 e. The van der Waals surface area contributed by atoms with Gasteiger partial charge in [-0.05, 0) is 12.3 Å². The van der Waals surface area contributed by atoms with E-state index in [1.165, 1.54) is 0 Å². The van der Waals surface area contributed by atoms with Crippen molar-refractivity contribution >= 4 is 17.7 Å². The second-order valence-corrected chi connectivity index (χ2v) is 5.80. The van der Waals surface area contributed by atoms with Crippen molar-refractivity contribution in [2.24, 2.45) is 11.7 Å². The maximum absolute atomic E-state index is 11.9. The molecule has 2 atom stereocenters. The summed E-state index contributed by atoms with van der Waals surface area (Å²) >= 11 is 1.98. The van der Waals surface area contributed by atoms with Gasteiger partial charge < -0.3 is 10.6 Å². The van der Waals surface area contributed by atoms with Crippen molar-refractivity contribution in [1.82, 2.24) is 4.90 Å². The fourth-order valence-corrected chi connectivity index (χ4v) is 2.99. The predicted molar refractivity (Wildman–Crippen MR) is 65.9 cm³/mol. The van der Waals surface area contributed by atoms with Gasteiger partial charge in [-0.3, -0.25) is 4.79 Å². The molecule has 1 saturated heterocycles. The van der Waals surface area contributed by atoms with E-state index in [-0.39, 0.29) is 11.9 Å². The number of rotatable bonds is 3. The highest BCUT2D eigenvalue weighted by Gasteiger charge is 2.27. The van der Waals surface area contributed by atoms with Crippen molar-refractivity contribution in [3.8, 4) is 0 Å². The van der Waals surface area contributed by atoms with Crippen molar-refractivity contribution in [1.29, 1.82) is 0 Å². The molecule has 1 aliphatic heterocycles. The van der Waals surface area contributed by atoms with Crippen molar-refractivity contribution in [3.05, 3.63) is 0 Å². The summed E-state index contributed by atoms with van der Waals surface area (Å²) in [5.74, 6) is 1.80. The van der Waals surface area contributed by atoms with Gasteiger partial charge in [0.15, 0.2) is 0 Å². The molecule has 0 aromatic heterocycles. The third-order valence-corrected chi connectivity index (χ3v) is 4.45. The van der Waals surface area contributed by atoms with E-state index in [1.54, 1.807) is 0 Å². The van der Waals surface area contributed by atoms with Crippen molar-refractivity contribution in [3.63, 3.8) is 0 Å². The Kier molecular flexibility index (Phi) is 4.93. The Morgan fingerprint density at radius 1 is 1.60 bits per heavy atom. The van der Waals surface area contributed by atoms with Gasteiger partial charge in [0, 0.05) is 24.1 Å². The van der Waals surface area contributed by atoms with Crippen LogP contribution in [0.4, 0.5) is 0 Å². The van der Waals surface area contributed by atoms with Crippen molar-refractivity contribution < 1.29 is 4.79 Å². The molecule has 1 fully saturated rings. The van der Waals surface area contributed by atoms with Crippen LogP contribution in [-0.4, -0.2) is 40.9 Å².